The molecule has 204 valence electrons. The summed E-state index contributed by atoms with van der Waals surface area (Å²) in [4.78, 5) is 26.2. The van der Waals surface area contributed by atoms with Crippen molar-refractivity contribution in [2.75, 3.05) is 19.5 Å². The van der Waals surface area contributed by atoms with Gasteiger partial charge in [-0.25, -0.2) is 14.8 Å². The lowest BCUT2D eigenvalue weighted by molar-refractivity contribution is 0.0544. The van der Waals surface area contributed by atoms with Gasteiger partial charge in [0, 0.05) is 52.6 Å². The van der Waals surface area contributed by atoms with Crippen LogP contribution in [0.15, 0.2) is 42.1 Å². The summed E-state index contributed by atoms with van der Waals surface area (Å²) < 4.78 is 18.2. The Labute approximate surface area is 235 Å². The zero-order valence-electron chi connectivity index (χ0n) is 22.2. The Kier molecular flexibility index (Phi) is 7.17. The third-order valence-corrected chi connectivity index (χ3v) is 6.93. The van der Waals surface area contributed by atoms with Gasteiger partial charge in [0.1, 0.15) is 22.7 Å². The molecule has 39 heavy (non-hydrogen) atoms. The number of benzene rings is 1. The van der Waals surface area contributed by atoms with Gasteiger partial charge in [-0.15, -0.1) is 0 Å². The normalized spacial score (nSPS) is 13.7. The first-order chi connectivity index (χ1) is 18.6. The Hall–Kier alpha value is -3.76. The van der Waals surface area contributed by atoms with Crippen LogP contribution in [0.25, 0.3) is 27.8 Å². The zero-order valence-corrected chi connectivity index (χ0v) is 23.7. The van der Waals surface area contributed by atoms with Crippen molar-refractivity contribution in [1.29, 1.82) is 0 Å². The maximum Gasteiger partial charge on any atom is 0.411 e. The molecule has 5 rings (SSSR count). The average molecular weight is 571 g/mol. The lowest BCUT2D eigenvalue weighted by atomic mass is 10.0. The van der Waals surface area contributed by atoms with Gasteiger partial charge in [0.25, 0.3) is 0 Å². The van der Waals surface area contributed by atoms with Gasteiger partial charge in [-0.05, 0) is 46.1 Å². The number of nitrogens with zero attached hydrogens (tertiary/aromatic N) is 4. The molecule has 0 unspecified atom stereocenters. The molecule has 0 aliphatic heterocycles. The van der Waals surface area contributed by atoms with Crippen LogP contribution in [0.1, 0.15) is 40.0 Å². The predicted octanol–water partition coefficient (Wildman–Crippen LogP) is 6.60. The molecular weight excluding hydrogens is 543 g/mol. The molecule has 1 amide bonds. The van der Waals surface area contributed by atoms with Gasteiger partial charge in [0.2, 0.25) is 5.95 Å². The summed E-state index contributed by atoms with van der Waals surface area (Å²) >= 11 is 13.4. The van der Waals surface area contributed by atoms with E-state index in [4.69, 9.17) is 42.4 Å². The van der Waals surface area contributed by atoms with E-state index in [1.54, 1.807) is 18.5 Å². The molecule has 3 aromatic heterocycles. The standard InChI is InChI=1S/C27H28Cl2N6O4/c1-27(2,3)39-26(36)33-17-8-6-7-16(17)32-25-31-13-14-11-15(24-30-9-10-35(24)23(14)34-25)20-21(28)18(37-4)12-19(38-5)22(20)29/h9-13H,6-8H2,1-5H3,(H,33,36)(H,31,32,34). The highest BCUT2D eigenvalue weighted by Gasteiger charge is 2.24. The van der Waals surface area contributed by atoms with Crippen molar-refractivity contribution in [3.63, 3.8) is 0 Å². The second kappa shape index (κ2) is 10.4. The van der Waals surface area contributed by atoms with Crippen LogP contribution in [0.3, 0.4) is 0 Å². The molecule has 12 heteroatoms. The fourth-order valence-corrected chi connectivity index (χ4v) is 5.22. The van der Waals surface area contributed by atoms with Crippen molar-refractivity contribution >= 4 is 51.9 Å². The molecule has 2 N–H and O–H groups in total. The summed E-state index contributed by atoms with van der Waals surface area (Å²) in [6.07, 6.45) is 7.06. The van der Waals surface area contributed by atoms with Crippen LogP contribution in [-0.2, 0) is 4.74 Å². The number of alkyl carbamates (subject to hydrolysis) is 1. The third-order valence-electron chi connectivity index (χ3n) is 6.18. The number of anilines is 1. The van der Waals surface area contributed by atoms with Crippen LogP contribution in [-0.4, -0.2) is 45.3 Å². The maximum absolute atomic E-state index is 12.3. The minimum atomic E-state index is -0.586. The van der Waals surface area contributed by atoms with E-state index in [9.17, 15) is 4.79 Å². The van der Waals surface area contributed by atoms with Gasteiger partial charge in [-0.1, -0.05) is 23.2 Å². The molecule has 0 saturated heterocycles. The number of ether oxygens (including phenoxy) is 3. The largest absolute Gasteiger partial charge is 0.495 e. The van der Waals surface area contributed by atoms with E-state index in [0.717, 1.165) is 36.0 Å². The lowest BCUT2D eigenvalue weighted by Gasteiger charge is -2.20. The highest BCUT2D eigenvalue weighted by Crippen LogP contribution is 2.47. The van der Waals surface area contributed by atoms with Gasteiger partial charge >= 0.3 is 6.09 Å². The Morgan fingerprint density at radius 3 is 2.36 bits per heavy atom. The minimum absolute atomic E-state index is 0.338. The average Bonchev–Trinajstić information content (AvgIpc) is 3.53. The first-order valence-corrected chi connectivity index (χ1v) is 13.1. The van der Waals surface area contributed by atoms with Gasteiger partial charge in [-0.3, -0.25) is 9.72 Å². The summed E-state index contributed by atoms with van der Waals surface area (Å²) in [6.45, 7) is 5.48. The molecule has 0 radical (unpaired) electrons. The Morgan fingerprint density at radius 1 is 1.00 bits per heavy atom. The smallest absolute Gasteiger partial charge is 0.411 e. The lowest BCUT2D eigenvalue weighted by Crippen LogP contribution is -2.32. The molecule has 0 spiro atoms. The fourth-order valence-electron chi connectivity index (χ4n) is 4.52. The number of carbonyl (C=O) groups is 1. The van der Waals surface area contributed by atoms with Gasteiger partial charge in [0.05, 0.1) is 24.3 Å². The van der Waals surface area contributed by atoms with Crippen LogP contribution in [0, 0.1) is 0 Å². The molecule has 0 bridgehead atoms. The quantitative estimate of drug-likeness (QED) is 0.266. The number of aromatic nitrogens is 4. The topological polar surface area (TPSA) is 112 Å². The number of hydrogen-bond donors (Lipinski definition) is 2. The number of fused-ring (bicyclic) bond motifs is 3. The molecule has 0 atom stereocenters. The van der Waals surface area contributed by atoms with Gasteiger partial charge < -0.3 is 19.5 Å². The molecule has 1 aromatic carbocycles. The number of hydrogen-bond acceptors (Lipinski definition) is 8. The van der Waals surface area contributed by atoms with E-state index < -0.39 is 11.7 Å². The zero-order chi connectivity index (χ0) is 27.9. The molecular formula is C27H28Cl2N6O4. The van der Waals surface area contributed by atoms with Crippen molar-refractivity contribution in [2.45, 2.75) is 45.6 Å². The number of imidazole rings is 1. The summed E-state index contributed by atoms with van der Waals surface area (Å²) in [5, 5.41) is 7.56. The molecule has 3 heterocycles. The Bertz CT molecular complexity index is 1600. The monoisotopic (exact) mass is 570 g/mol. The van der Waals surface area contributed by atoms with Crippen LogP contribution in [0.5, 0.6) is 11.5 Å². The molecule has 0 fully saturated rings. The van der Waals surface area contributed by atoms with E-state index in [1.165, 1.54) is 14.2 Å². The van der Waals surface area contributed by atoms with E-state index in [0.29, 0.717) is 49.9 Å². The first-order valence-electron chi connectivity index (χ1n) is 12.3. The van der Waals surface area contributed by atoms with Crippen LogP contribution < -0.4 is 20.1 Å². The minimum Gasteiger partial charge on any atom is -0.495 e. The highest BCUT2D eigenvalue weighted by atomic mass is 35.5. The fraction of sp³-hybridized carbons (Fsp3) is 0.333. The highest BCUT2D eigenvalue weighted by molar-refractivity contribution is 6.41. The number of methoxy groups -OCH3 is 2. The van der Waals surface area contributed by atoms with Crippen LogP contribution >= 0.6 is 23.2 Å². The molecule has 10 nitrogen and oxygen atoms in total. The van der Waals surface area contributed by atoms with Gasteiger partial charge in [0.15, 0.2) is 5.65 Å². The maximum atomic E-state index is 12.3. The number of amides is 1. The van der Waals surface area contributed by atoms with E-state index >= 15 is 0 Å². The predicted molar refractivity (Wildman–Crippen MR) is 151 cm³/mol. The second-order valence-corrected chi connectivity index (χ2v) is 10.8. The summed E-state index contributed by atoms with van der Waals surface area (Å²) in [5.74, 6) is 1.24. The number of nitrogens with one attached hydrogen (secondary N) is 2. The molecule has 0 saturated carbocycles. The van der Waals surface area contributed by atoms with E-state index in [2.05, 4.69) is 20.6 Å². The van der Waals surface area contributed by atoms with Crippen molar-refractivity contribution in [2.24, 2.45) is 0 Å². The third kappa shape index (κ3) is 5.26. The van der Waals surface area contributed by atoms with Gasteiger partial charge in [-0.2, -0.15) is 4.98 Å². The van der Waals surface area contributed by atoms with E-state index in [1.807, 2.05) is 37.4 Å². The van der Waals surface area contributed by atoms with Crippen molar-refractivity contribution in [3.05, 3.63) is 52.2 Å². The Morgan fingerprint density at radius 2 is 1.69 bits per heavy atom. The molecule has 1 aliphatic rings. The number of rotatable bonds is 6. The first kappa shape index (κ1) is 26.8. The molecule has 4 aromatic rings. The summed E-state index contributed by atoms with van der Waals surface area (Å²) in [5.41, 5.74) is 3.46. The Balaban J connectivity index is 1.55. The van der Waals surface area contributed by atoms with Crippen molar-refractivity contribution < 1.29 is 19.0 Å². The number of allylic oxidation sites excluding steroid dienone is 2. The van der Waals surface area contributed by atoms with Crippen LogP contribution in [0.2, 0.25) is 10.0 Å². The van der Waals surface area contributed by atoms with Crippen molar-refractivity contribution in [3.8, 4) is 22.6 Å². The number of carbonyl (C=O) groups excluding carboxylic acids is 1. The number of pyridine rings is 1. The van der Waals surface area contributed by atoms with Crippen molar-refractivity contribution in [1.82, 2.24) is 24.7 Å². The number of halogens is 2. The summed E-state index contributed by atoms with van der Waals surface area (Å²) in [6, 6.07) is 3.53. The molecule has 1 aliphatic carbocycles. The van der Waals surface area contributed by atoms with Crippen LogP contribution in [0.4, 0.5) is 10.7 Å². The SMILES string of the molecule is COc1cc(OC)c(Cl)c(-c2cc3cnc(NC4=C(NC(=O)OC(C)(C)C)CCC4)nc3n3ccnc23)c1Cl. The summed E-state index contributed by atoms with van der Waals surface area (Å²) in [7, 11) is 3.06. The van der Waals surface area contributed by atoms with E-state index in [-0.39, 0.29) is 0 Å². The second-order valence-electron chi connectivity index (χ2n) is 10.00.